The molecule has 4 aromatic rings. The van der Waals surface area contributed by atoms with Crippen molar-refractivity contribution in [3.05, 3.63) is 85.4 Å². The lowest BCUT2D eigenvalue weighted by molar-refractivity contribution is 0.0240. The van der Waals surface area contributed by atoms with Crippen molar-refractivity contribution in [3.8, 4) is 0 Å². The minimum atomic E-state index is -0.520. The van der Waals surface area contributed by atoms with Gasteiger partial charge in [-0.1, -0.05) is 29.3 Å². The van der Waals surface area contributed by atoms with Crippen LogP contribution in [0.25, 0.3) is 10.8 Å². The molecule has 2 aromatic heterocycles. The molecule has 11 heteroatoms. The number of pyridine rings is 1. The summed E-state index contributed by atoms with van der Waals surface area (Å²) in [5, 5.41) is 12.1. The van der Waals surface area contributed by atoms with Gasteiger partial charge in [-0.15, -0.1) is 0 Å². The van der Waals surface area contributed by atoms with Crippen molar-refractivity contribution in [1.82, 2.24) is 20.1 Å². The topological polar surface area (TPSA) is 103 Å². The molecule has 0 spiro atoms. The highest BCUT2D eigenvalue weighted by Crippen LogP contribution is 2.33. The quantitative estimate of drug-likeness (QED) is 0.262. The normalized spacial score (nSPS) is 13.9. The summed E-state index contributed by atoms with van der Waals surface area (Å²) in [6, 6.07) is 11.3. The molecule has 0 saturated carbocycles. The second-order valence-corrected chi connectivity index (χ2v) is 12.3. The van der Waals surface area contributed by atoms with Crippen molar-refractivity contribution in [2.45, 2.75) is 46.6 Å². The molecule has 1 aliphatic rings. The largest absolute Gasteiger partial charge is 0.444 e. The highest BCUT2D eigenvalue weighted by molar-refractivity contribution is 6.36. The number of rotatable bonds is 5. The van der Waals surface area contributed by atoms with Crippen LogP contribution in [0.15, 0.2) is 47.4 Å². The number of H-pyrrole nitrogens is 1. The number of aromatic nitrogens is 3. The second kappa shape index (κ2) is 11.8. The molecule has 0 atom stereocenters. The third-order valence-corrected chi connectivity index (χ3v) is 8.11. The highest BCUT2D eigenvalue weighted by Gasteiger charge is 2.27. The second-order valence-electron chi connectivity index (χ2n) is 11.5. The molecule has 0 radical (unpaired) electrons. The zero-order chi connectivity index (χ0) is 30.2. The zero-order valence-corrected chi connectivity index (χ0v) is 25.9. The van der Waals surface area contributed by atoms with E-state index < -0.39 is 5.60 Å². The van der Waals surface area contributed by atoms with Gasteiger partial charge >= 0.3 is 6.09 Å². The van der Waals surface area contributed by atoms with Gasteiger partial charge in [-0.3, -0.25) is 4.79 Å². The Hall–Kier alpha value is -3.82. The summed E-state index contributed by atoms with van der Waals surface area (Å²) >= 11 is 12.9. The molecule has 9 nitrogen and oxygen atoms in total. The van der Waals surface area contributed by atoms with Crippen molar-refractivity contribution in [3.63, 3.8) is 0 Å². The molecule has 2 N–H and O–H groups in total. The Labute approximate surface area is 254 Å². The summed E-state index contributed by atoms with van der Waals surface area (Å²) < 4.78 is 5.54. The molecule has 1 aliphatic heterocycles. The number of carbonyl (C=O) groups excluding carboxylic acids is 1. The maximum absolute atomic E-state index is 12.8. The number of ether oxygens (including phenoxy) is 1. The summed E-state index contributed by atoms with van der Waals surface area (Å²) in [4.78, 5) is 34.2. The van der Waals surface area contributed by atoms with Gasteiger partial charge in [0.1, 0.15) is 11.4 Å². The molecule has 42 heavy (non-hydrogen) atoms. The van der Waals surface area contributed by atoms with E-state index in [1.165, 1.54) is 0 Å². The van der Waals surface area contributed by atoms with Crippen molar-refractivity contribution in [2.75, 3.05) is 36.4 Å². The summed E-state index contributed by atoms with van der Waals surface area (Å²) in [6.07, 6.45) is 1.72. The molecule has 1 saturated heterocycles. The summed E-state index contributed by atoms with van der Waals surface area (Å²) in [6.45, 7) is 12.3. The van der Waals surface area contributed by atoms with Crippen molar-refractivity contribution < 1.29 is 9.53 Å². The van der Waals surface area contributed by atoms with E-state index in [9.17, 15) is 9.59 Å². The molecule has 0 aliphatic carbocycles. The smallest absolute Gasteiger partial charge is 0.410 e. The third-order valence-electron chi connectivity index (χ3n) is 7.40. The zero-order valence-electron chi connectivity index (χ0n) is 24.3. The fourth-order valence-corrected chi connectivity index (χ4v) is 5.64. The van der Waals surface area contributed by atoms with E-state index >= 15 is 0 Å². The van der Waals surface area contributed by atoms with E-state index in [0.29, 0.717) is 64.9 Å². The molecular formula is C31H34Cl2N6O3. The fraction of sp³-hybridized carbons (Fsp3) is 0.355. The SMILES string of the molecule is Cc1c(Nc2nc(Cc3c(Cl)cccc3Cl)cc3cn[nH]c(=O)c23)ccc(N2CCN(C(=O)OC(C)(C)C)CC2)c1C. The van der Waals surface area contributed by atoms with Gasteiger partial charge in [0.2, 0.25) is 0 Å². The van der Waals surface area contributed by atoms with E-state index in [0.717, 1.165) is 28.1 Å². The van der Waals surface area contributed by atoms with Crippen LogP contribution in [0.3, 0.4) is 0 Å². The van der Waals surface area contributed by atoms with Crippen LogP contribution in [0.5, 0.6) is 0 Å². The first-order valence-electron chi connectivity index (χ1n) is 13.8. The first kappa shape index (κ1) is 29.7. The van der Waals surface area contributed by atoms with Crippen LogP contribution in [0.1, 0.15) is 43.2 Å². The van der Waals surface area contributed by atoms with Gasteiger partial charge in [0.05, 0.1) is 11.6 Å². The number of carbonyl (C=O) groups is 1. The van der Waals surface area contributed by atoms with E-state index in [-0.39, 0.29) is 11.7 Å². The van der Waals surface area contributed by atoms with Crippen LogP contribution >= 0.6 is 23.2 Å². The Morgan fingerprint density at radius 2 is 1.74 bits per heavy atom. The van der Waals surface area contributed by atoms with Crippen molar-refractivity contribution >= 4 is 57.3 Å². The average Bonchev–Trinajstić information content (AvgIpc) is 2.93. The van der Waals surface area contributed by atoms with Gasteiger partial charge < -0.3 is 19.9 Å². The Morgan fingerprint density at radius 3 is 2.40 bits per heavy atom. The standard InChI is InChI=1S/C31H34Cl2N6O3/c1-18-19(2)26(38-11-13-39(14-12-38)30(41)42-31(3,4)5)10-9-25(18)36-28-27-20(17-34-37-29(27)40)15-21(35-28)16-22-23(32)7-6-8-24(22)33/h6-10,15,17H,11-14,16H2,1-5H3,(H,35,36)(H,37,40). The Bertz CT molecular complexity index is 1690. The molecule has 0 bridgehead atoms. The van der Waals surface area contributed by atoms with Gasteiger partial charge in [-0.05, 0) is 81.6 Å². The summed E-state index contributed by atoms with van der Waals surface area (Å²) in [5.41, 5.74) is 4.67. The van der Waals surface area contributed by atoms with Crippen LogP contribution in [0.2, 0.25) is 10.0 Å². The molecule has 220 valence electrons. The monoisotopic (exact) mass is 608 g/mol. The lowest BCUT2D eigenvalue weighted by Gasteiger charge is -2.37. The third kappa shape index (κ3) is 6.32. The lowest BCUT2D eigenvalue weighted by Crippen LogP contribution is -2.50. The number of nitrogens with one attached hydrogen (secondary N) is 2. The van der Waals surface area contributed by atoms with E-state index in [1.807, 2.05) is 39.8 Å². The predicted molar refractivity (Wildman–Crippen MR) is 169 cm³/mol. The summed E-state index contributed by atoms with van der Waals surface area (Å²) in [7, 11) is 0. The first-order chi connectivity index (χ1) is 19.9. The Kier molecular flexibility index (Phi) is 8.35. The number of hydrogen-bond donors (Lipinski definition) is 2. The maximum Gasteiger partial charge on any atom is 0.410 e. The van der Waals surface area contributed by atoms with E-state index in [2.05, 4.69) is 33.4 Å². The van der Waals surface area contributed by atoms with Crippen LogP contribution in [0, 0.1) is 13.8 Å². The lowest BCUT2D eigenvalue weighted by atomic mass is 10.0. The van der Waals surface area contributed by atoms with E-state index in [4.69, 9.17) is 32.9 Å². The van der Waals surface area contributed by atoms with Crippen LogP contribution in [-0.4, -0.2) is 58.0 Å². The van der Waals surface area contributed by atoms with Crippen LogP contribution < -0.4 is 15.8 Å². The average molecular weight is 610 g/mol. The molecule has 0 unspecified atom stereocenters. The molecule has 5 rings (SSSR count). The van der Waals surface area contributed by atoms with Crippen molar-refractivity contribution in [2.24, 2.45) is 0 Å². The number of piperazine rings is 1. The van der Waals surface area contributed by atoms with Crippen LogP contribution in [0.4, 0.5) is 22.0 Å². The molecular weight excluding hydrogens is 575 g/mol. The van der Waals surface area contributed by atoms with E-state index in [1.54, 1.807) is 29.3 Å². The van der Waals surface area contributed by atoms with Gasteiger partial charge in [-0.2, -0.15) is 5.10 Å². The number of amides is 1. The van der Waals surface area contributed by atoms with Gasteiger partial charge in [0.25, 0.3) is 5.56 Å². The minimum Gasteiger partial charge on any atom is -0.444 e. The highest BCUT2D eigenvalue weighted by atomic mass is 35.5. The number of benzene rings is 2. The number of aromatic amines is 1. The first-order valence-corrected chi connectivity index (χ1v) is 14.6. The molecule has 3 heterocycles. The molecule has 2 aromatic carbocycles. The van der Waals surface area contributed by atoms with Gasteiger partial charge in [0.15, 0.2) is 0 Å². The number of nitrogens with zero attached hydrogens (tertiary/aromatic N) is 4. The number of anilines is 3. The molecule has 1 amide bonds. The van der Waals surface area contributed by atoms with Crippen LogP contribution in [-0.2, 0) is 11.2 Å². The number of hydrogen-bond acceptors (Lipinski definition) is 7. The van der Waals surface area contributed by atoms with Gasteiger partial charge in [-0.25, -0.2) is 14.9 Å². The minimum absolute atomic E-state index is 0.279. The Morgan fingerprint density at radius 1 is 1.05 bits per heavy atom. The summed E-state index contributed by atoms with van der Waals surface area (Å²) in [5.74, 6) is 0.426. The maximum atomic E-state index is 12.8. The Balaban J connectivity index is 1.41. The van der Waals surface area contributed by atoms with Gasteiger partial charge in [0, 0.05) is 65.1 Å². The molecule has 1 fully saturated rings. The fourth-order valence-electron chi connectivity index (χ4n) is 5.11. The van der Waals surface area contributed by atoms with Crippen molar-refractivity contribution in [1.29, 1.82) is 0 Å². The number of halogens is 2. The predicted octanol–water partition coefficient (Wildman–Crippen LogP) is 6.63. The number of fused-ring (bicyclic) bond motifs is 1.